The molecule has 0 saturated heterocycles. The number of rotatable bonds is 9. The molecule has 3 rings (SSSR count). The van der Waals surface area contributed by atoms with E-state index >= 15 is 0 Å². The molecule has 0 radical (unpaired) electrons. The lowest BCUT2D eigenvalue weighted by atomic mass is 9.86. The maximum absolute atomic E-state index is 13.6. The summed E-state index contributed by atoms with van der Waals surface area (Å²) in [5, 5.41) is 9.04. The molecule has 138 valence electrons. The molecule has 0 bridgehead atoms. The first-order valence-electron chi connectivity index (χ1n) is 8.51. The van der Waals surface area contributed by atoms with Gasteiger partial charge in [0.05, 0.1) is 12.3 Å². The van der Waals surface area contributed by atoms with Crippen molar-refractivity contribution in [2.75, 3.05) is 13.1 Å². The normalized spacial score (nSPS) is 23.4. The predicted octanol–water partition coefficient (Wildman–Crippen LogP) is 1.57. The van der Waals surface area contributed by atoms with Crippen molar-refractivity contribution in [2.24, 2.45) is 5.92 Å². The zero-order valence-electron chi connectivity index (χ0n) is 13.9. The minimum absolute atomic E-state index is 0.00410. The van der Waals surface area contributed by atoms with E-state index in [9.17, 15) is 17.6 Å². The molecule has 0 amide bonds. The molecule has 0 aliphatic heterocycles. The van der Waals surface area contributed by atoms with Crippen LogP contribution in [0.4, 0.5) is 4.39 Å². The number of hydrogen-bond acceptors (Lipinski definition) is 4. The van der Waals surface area contributed by atoms with E-state index in [0.29, 0.717) is 18.8 Å². The van der Waals surface area contributed by atoms with Crippen LogP contribution in [0.1, 0.15) is 31.2 Å². The van der Waals surface area contributed by atoms with Gasteiger partial charge in [-0.25, -0.2) is 17.5 Å². The van der Waals surface area contributed by atoms with E-state index < -0.39 is 21.8 Å². The van der Waals surface area contributed by atoms with Gasteiger partial charge < -0.3 is 5.11 Å². The van der Waals surface area contributed by atoms with Crippen LogP contribution in [0.2, 0.25) is 0 Å². The van der Waals surface area contributed by atoms with Gasteiger partial charge in [0.15, 0.2) is 0 Å². The summed E-state index contributed by atoms with van der Waals surface area (Å²) in [6, 6.07) is 5.71. The smallest absolute Gasteiger partial charge is 0.317 e. The molecule has 0 heterocycles. The first-order chi connectivity index (χ1) is 11.8. The molecule has 2 saturated carbocycles. The minimum atomic E-state index is -3.62. The lowest BCUT2D eigenvalue weighted by Gasteiger charge is -2.42. The molecular weight excluding hydrogens is 347 g/mol. The largest absolute Gasteiger partial charge is 0.480 e. The Hall–Kier alpha value is -1.51. The van der Waals surface area contributed by atoms with Crippen LogP contribution in [0.15, 0.2) is 24.3 Å². The number of sulfonamides is 1. The number of nitrogens with zero attached hydrogens (tertiary/aromatic N) is 1. The monoisotopic (exact) mass is 370 g/mol. The summed E-state index contributed by atoms with van der Waals surface area (Å²) in [6.07, 6.45) is 3.47. The van der Waals surface area contributed by atoms with Gasteiger partial charge in [-0.1, -0.05) is 18.2 Å². The molecule has 0 atom stereocenters. The summed E-state index contributed by atoms with van der Waals surface area (Å²) in [5.41, 5.74) is 0.145. The number of hydrogen-bond donors (Lipinski definition) is 2. The van der Waals surface area contributed by atoms with Crippen molar-refractivity contribution >= 4 is 16.0 Å². The molecule has 25 heavy (non-hydrogen) atoms. The van der Waals surface area contributed by atoms with Gasteiger partial charge in [0.25, 0.3) is 0 Å². The molecule has 0 unspecified atom stereocenters. The Bertz CT molecular complexity index is 730. The fourth-order valence-corrected chi connectivity index (χ4v) is 4.67. The summed E-state index contributed by atoms with van der Waals surface area (Å²) >= 11 is 0. The highest BCUT2D eigenvalue weighted by Crippen LogP contribution is 2.34. The summed E-state index contributed by atoms with van der Waals surface area (Å²) in [7, 11) is -3.62. The van der Waals surface area contributed by atoms with Gasteiger partial charge in [-0.2, -0.15) is 0 Å². The summed E-state index contributed by atoms with van der Waals surface area (Å²) in [5.74, 6) is -1.20. The van der Waals surface area contributed by atoms with Crippen LogP contribution < -0.4 is 4.72 Å². The third-order valence-corrected chi connectivity index (χ3v) is 6.19. The van der Waals surface area contributed by atoms with E-state index in [1.807, 2.05) is 4.90 Å². The minimum Gasteiger partial charge on any atom is -0.480 e. The number of carbonyl (C=O) groups is 1. The number of benzene rings is 1. The van der Waals surface area contributed by atoms with Crippen molar-refractivity contribution in [1.29, 1.82) is 0 Å². The lowest BCUT2D eigenvalue weighted by molar-refractivity contribution is -0.139. The zero-order valence-corrected chi connectivity index (χ0v) is 14.7. The highest BCUT2D eigenvalue weighted by atomic mass is 32.2. The van der Waals surface area contributed by atoms with Gasteiger partial charge in [0.2, 0.25) is 10.0 Å². The van der Waals surface area contributed by atoms with Crippen LogP contribution in [0, 0.1) is 11.7 Å². The van der Waals surface area contributed by atoms with Crippen molar-refractivity contribution < 1.29 is 22.7 Å². The molecule has 2 aliphatic rings. The third-order valence-electron chi connectivity index (χ3n) is 4.81. The maximum atomic E-state index is 13.6. The molecule has 1 aromatic rings. The SMILES string of the molecule is O=C(O)CN(CC1CC1)C1CC(NS(=O)(=O)Cc2ccccc2F)C1. The molecule has 2 aliphatic carbocycles. The van der Waals surface area contributed by atoms with Gasteiger partial charge in [0, 0.05) is 24.2 Å². The van der Waals surface area contributed by atoms with E-state index in [4.69, 9.17) is 5.11 Å². The Balaban J connectivity index is 1.51. The second-order valence-corrected chi connectivity index (χ2v) is 8.81. The first-order valence-corrected chi connectivity index (χ1v) is 10.2. The number of nitrogens with one attached hydrogen (secondary N) is 1. The number of carboxylic acid groups (broad SMARTS) is 1. The van der Waals surface area contributed by atoms with Gasteiger partial charge in [-0.05, 0) is 37.7 Å². The third kappa shape index (κ3) is 5.23. The quantitative estimate of drug-likeness (QED) is 0.689. The predicted molar refractivity (Wildman–Crippen MR) is 90.9 cm³/mol. The van der Waals surface area contributed by atoms with Crippen LogP contribution in [0.5, 0.6) is 0 Å². The van der Waals surface area contributed by atoms with E-state index in [1.54, 1.807) is 6.07 Å². The van der Waals surface area contributed by atoms with E-state index in [1.165, 1.54) is 18.2 Å². The Morgan fingerprint density at radius 2 is 1.96 bits per heavy atom. The van der Waals surface area contributed by atoms with Crippen LogP contribution >= 0.6 is 0 Å². The van der Waals surface area contributed by atoms with E-state index in [2.05, 4.69) is 4.72 Å². The molecule has 0 spiro atoms. The molecular formula is C17H23FN2O4S. The average molecular weight is 370 g/mol. The summed E-state index contributed by atoms with van der Waals surface area (Å²) in [4.78, 5) is 13.0. The second-order valence-electron chi connectivity index (χ2n) is 7.06. The highest BCUT2D eigenvalue weighted by Gasteiger charge is 2.38. The lowest BCUT2D eigenvalue weighted by Crippen LogP contribution is -2.55. The van der Waals surface area contributed by atoms with Crippen LogP contribution in [0.3, 0.4) is 0 Å². The van der Waals surface area contributed by atoms with Gasteiger partial charge in [0.1, 0.15) is 5.82 Å². The second kappa shape index (κ2) is 7.39. The van der Waals surface area contributed by atoms with Crippen molar-refractivity contribution in [3.63, 3.8) is 0 Å². The van der Waals surface area contributed by atoms with Crippen LogP contribution in [-0.2, 0) is 20.6 Å². The molecule has 0 aromatic heterocycles. The molecule has 1 aromatic carbocycles. The van der Waals surface area contributed by atoms with Crippen molar-refractivity contribution in [2.45, 2.75) is 43.5 Å². The summed E-state index contributed by atoms with van der Waals surface area (Å²) < 4.78 is 40.6. The Morgan fingerprint density at radius 1 is 1.28 bits per heavy atom. The fraction of sp³-hybridized carbons (Fsp3) is 0.588. The molecule has 6 nitrogen and oxygen atoms in total. The Morgan fingerprint density at radius 3 is 2.56 bits per heavy atom. The van der Waals surface area contributed by atoms with Crippen molar-refractivity contribution in [1.82, 2.24) is 9.62 Å². The zero-order chi connectivity index (χ0) is 18.0. The first kappa shape index (κ1) is 18.3. The number of carboxylic acids is 1. The van der Waals surface area contributed by atoms with Crippen LogP contribution in [-0.4, -0.2) is 49.6 Å². The Labute approximate surface area is 147 Å². The number of halogens is 1. The summed E-state index contributed by atoms with van der Waals surface area (Å²) in [6.45, 7) is 0.765. The highest BCUT2D eigenvalue weighted by molar-refractivity contribution is 7.88. The van der Waals surface area contributed by atoms with Gasteiger partial charge >= 0.3 is 5.97 Å². The number of aliphatic carboxylic acids is 1. The van der Waals surface area contributed by atoms with Gasteiger partial charge in [-0.15, -0.1) is 0 Å². The average Bonchev–Trinajstić information content (AvgIpc) is 3.28. The van der Waals surface area contributed by atoms with Gasteiger partial charge in [-0.3, -0.25) is 9.69 Å². The molecule has 2 N–H and O–H groups in total. The standard InChI is InChI=1S/C17H23FN2O4S/c18-16-4-2-1-3-13(16)11-25(23,24)19-14-7-15(8-14)20(10-17(21)22)9-12-5-6-12/h1-4,12,14-15,19H,5-11H2,(H,21,22). The topological polar surface area (TPSA) is 86.7 Å². The Kier molecular flexibility index (Phi) is 5.41. The fourth-order valence-electron chi connectivity index (χ4n) is 3.25. The van der Waals surface area contributed by atoms with Crippen molar-refractivity contribution in [3.8, 4) is 0 Å². The van der Waals surface area contributed by atoms with E-state index in [-0.39, 0.29) is 29.9 Å². The molecule has 8 heteroatoms. The maximum Gasteiger partial charge on any atom is 0.317 e. The van der Waals surface area contributed by atoms with Crippen molar-refractivity contribution in [3.05, 3.63) is 35.6 Å². The molecule has 2 fully saturated rings. The van der Waals surface area contributed by atoms with Crippen LogP contribution in [0.25, 0.3) is 0 Å². The van der Waals surface area contributed by atoms with E-state index in [0.717, 1.165) is 19.4 Å².